The lowest BCUT2D eigenvalue weighted by molar-refractivity contribution is 0.217. The molecule has 0 spiro atoms. The highest BCUT2D eigenvalue weighted by molar-refractivity contribution is 4.72. The molecule has 1 rings (SSSR count). The Morgan fingerprint density at radius 2 is 1.62 bits per heavy atom. The Bertz CT molecular complexity index is 230. The van der Waals surface area contributed by atoms with E-state index in [2.05, 4.69) is 37.9 Å². The van der Waals surface area contributed by atoms with Gasteiger partial charge in [0.25, 0.3) is 0 Å². The van der Waals surface area contributed by atoms with Crippen LogP contribution < -0.4 is 5.32 Å². The molecule has 0 aromatic heterocycles. The predicted molar refractivity (Wildman–Crippen MR) is 94.8 cm³/mol. The Kier molecular flexibility index (Phi) is 10.4. The van der Waals surface area contributed by atoms with Crippen molar-refractivity contribution in [3.8, 4) is 0 Å². The van der Waals surface area contributed by atoms with Crippen molar-refractivity contribution in [2.24, 2.45) is 17.8 Å². The van der Waals surface area contributed by atoms with Gasteiger partial charge < -0.3 is 10.2 Å². The molecule has 1 heterocycles. The van der Waals surface area contributed by atoms with E-state index in [1.807, 2.05) is 0 Å². The number of rotatable bonds is 11. The molecule has 126 valence electrons. The van der Waals surface area contributed by atoms with E-state index in [-0.39, 0.29) is 0 Å². The molecule has 1 fully saturated rings. The Morgan fingerprint density at radius 3 is 2.19 bits per heavy atom. The van der Waals surface area contributed by atoms with E-state index in [1.54, 1.807) is 0 Å². The topological polar surface area (TPSA) is 15.3 Å². The summed E-state index contributed by atoms with van der Waals surface area (Å²) in [5.74, 6) is 2.64. The molecule has 1 N–H and O–H groups in total. The summed E-state index contributed by atoms with van der Waals surface area (Å²) < 4.78 is 0. The van der Waals surface area contributed by atoms with Crippen LogP contribution in [0.3, 0.4) is 0 Å². The van der Waals surface area contributed by atoms with Crippen molar-refractivity contribution in [1.29, 1.82) is 0 Å². The summed E-state index contributed by atoms with van der Waals surface area (Å²) in [6, 6.07) is 0. The highest BCUT2D eigenvalue weighted by atomic mass is 15.1. The Labute approximate surface area is 134 Å². The van der Waals surface area contributed by atoms with Crippen molar-refractivity contribution in [2.45, 2.75) is 72.6 Å². The van der Waals surface area contributed by atoms with Crippen LogP contribution in [-0.4, -0.2) is 37.6 Å². The van der Waals surface area contributed by atoms with Crippen LogP contribution in [0.25, 0.3) is 0 Å². The van der Waals surface area contributed by atoms with Gasteiger partial charge in [-0.1, -0.05) is 47.0 Å². The maximum absolute atomic E-state index is 3.69. The fourth-order valence-electron chi connectivity index (χ4n) is 4.01. The van der Waals surface area contributed by atoms with E-state index in [1.165, 1.54) is 77.7 Å². The third-order valence-electron chi connectivity index (χ3n) is 5.44. The van der Waals surface area contributed by atoms with Gasteiger partial charge in [0.05, 0.1) is 0 Å². The van der Waals surface area contributed by atoms with Crippen molar-refractivity contribution in [1.82, 2.24) is 10.2 Å². The van der Waals surface area contributed by atoms with Crippen LogP contribution in [0.1, 0.15) is 72.6 Å². The first-order valence-corrected chi connectivity index (χ1v) is 9.62. The van der Waals surface area contributed by atoms with Crippen LogP contribution in [0.4, 0.5) is 0 Å². The van der Waals surface area contributed by atoms with Crippen LogP contribution >= 0.6 is 0 Å². The van der Waals surface area contributed by atoms with Crippen molar-refractivity contribution >= 4 is 0 Å². The number of nitrogens with one attached hydrogen (secondary N) is 1. The first-order chi connectivity index (χ1) is 10.2. The van der Waals surface area contributed by atoms with Crippen molar-refractivity contribution in [3.63, 3.8) is 0 Å². The average molecular weight is 297 g/mol. The maximum Gasteiger partial charge on any atom is -0.000664 e. The number of likely N-dealkylation sites (tertiary alicyclic amines) is 1. The van der Waals surface area contributed by atoms with Crippen LogP contribution in [0.15, 0.2) is 0 Å². The molecule has 2 heteroatoms. The van der Waals surface area contributed by atoms with E-state index in [9.17, 15) is 0 Å². The fourth-order valence-corrected chi connectivity index (χ4v) is 4.01. The molecule has 1 unspecified atom stereocenters. The van der Waals surface area contributed by atoms with Gasteiger partial charge >= 0.3 is 0 Å². The van der Waals surface area contributed by atoms with Crippen LogP contribution in [0.5, 0.6) is 0 Å². The van der Waals surface area contributed by atoms with Gasteiger partial charge in [-0.15, -0.1) is 0 Å². The van der Waals surface area contributed by atoms with E-state index >= 15 is 0 Å². The molecule has 0 aliphatic carbocycles. The van der Waals surface area contributed by atoms with E-state index in [0.29, 0.717) is 0 Å². The number of hydrogen-bond donors (Lipinski definition) is 1. The molecular formula is C19H40N2. The van der Waals surface area contributed by atoms with Gasteiger partial charge in [0.2, 0.25) is 0 Å². The third-order valence-corrected chi connectivity index (χ3v) is 5.44. The summed E-state index contributed by atoms with van der Waals surface area (Å²) in [5, 5.41) is 3.69. The minimum atomic E-state index is 0.824. The molecule has 0 radical (unpaired) electrons. The van der Waals surface area contributed by atoms with Crippen molar-refractivity contribution in [2.75, 3.05) is 32.7 Å². The first kappa shape index (κ1) is 19.0. The van der Waals surface area contributed by atoms with Gasteiger partial charge in [-0.2, -0.15) is 0 Å². The molecule has 1 atom stereocenters. The second kappa shape index (κ2) is 11.5. The Morgan fingerprint density at radius 1 is 0.952 bits per heavy atom. The SMILES string of the molecule is CCC(CC)C(CCNCCCN1CCCCC1)C(C)C. The molecule has 1 aliphatic heterocycles. The summed E-state index contributed by atoms with van der Waals surface area (Å²) in [5.41, 5.74) is 0. The zero-order valence-electron chi connectivity index (χ0n) is 15.2. The number of hydrogen-bond acceptors (Lipinski definition) is 2. The largest absolute Gasteiger partial charge is 0.317 e. The summed E-state index contributed by atoms with van der Waals surface area (Å²) in [4.78, 5) is 2.65. The fraction of sp³-hybridized carbons (Fsp3) is 1.00. The Hall–Kier alpha value is -0.0800. The number of piperidine rings is 1. The summed E-state index contributed by atoms with van der Waals surface area (Å²) >= 11 is 0. The van der Waals surface area contributed by atoms with Gasteiger partial charge in [-0.25, -0.2) is 0 Å². The summed E-state index contributed by atoms with van der Waals surface area (Å²) in [7, 11) is 0. The van der Waals surface area contributed by atoms with E-state index < -0.39 is 0 Å². The predicted octanol–water partition coefficient (Wildman–Crippen LogP) is 4.55. The minimum absolute atomic E-state index is 0.824. The molecule has 0 aromatic carbocycles. The Balaban J connectivity index is 2.07. The normalized spacial score (nSPS) is 18.6. The van der Waals surface area contributed by atoms with Crippen LogP contribution in [0, 0.1) is 17.8 Å². The maximum atomic E-state index is 3.69. The van der Waals surface area contributed by atoms with Gasteiger partial charge in [-0.05, 0) is 76.2 Å². The quantitative estimate of drug-likeness (QED) is 0.563. The molecular weight excluding hydrogens is 256 g/mol. The highest BCUT2D eigenvalue weighted by Crippen LogP contribution is 2.29. The van der Waals surface area contributed by atoms with Gasteiger partial charge in [0, 0.05) is 0 Å². The average Bonchev–Trinajstić information content (AvgIpc) is 2.50. The second-order valence-electron chi connectivity index (χ2n) is 7.28. The molecule has 0 bridgehead atoms. The second-order valence-corrected chi connectivity index (χ2v) is 7.28. The van der Waals surface area contributed by atoms with Crippen LogP contribution in [0.2, 0.25) is 0 Å². The summed E-state index contributed by atoms with van der Waals surface area (Å²) in [6.07, 6.45) is 9.63. The van der Waals surface area contributed by atoms with Crippen LogP contribution in [-0.2, 0) is 0 Å². The van der Waals surface area contributed by atoms with Gasteiger partial charge in [-0.3, -0.25) is 0 Å². The van der Waals surface area contributed by atoms with Crippen molar-refractivity contribution < 1.29 is 0 Å². The van der Waals surface area contributed by atoms with Gasteiger partial charge in [0.1, 0.15) is 0 Å². The van der Waals surface area contributed by atoms with E-state index in [4.69, 9.17) is 0 Å². The lowest BCUT2D eigenvalue weighted by atomic mass is 9.78. The lowest BCUT2D eigenvalue weighted by Crippen LogP contribution is -2.32. The van der Waals surface area contributed by atoms with Crippen molar-refractivity contribution in [3.05, 3.63) is 0 Å². The summed E-state index contributed by atoms with van der Waals surface area (Å²) in [6.45, 7) is 15.9. The molecule has 0 saturated carbocycles. The van der Waals surface area contributed by atoms with Gasteiger partial charge in [0.15, 0.2) is 0 Å². The zero-order valence-corrected chi connectivity index (χ0v) is 15.2. The standard InChI is InChI=1S/C19H40N2/c1-5-18(6-2)19(17(3)4)11-13-20-12-10-16-21-14-8-7-9-15-21/h17-20H,5-16H2,1-4H3. The molecule has 1 saturated heterocycles. The zero-order chi connectivity index (χ0) is 15.5. The molecule has 0 aromatic rings. The minimum Gasteiger partial charge on any atom is -0.317 e. The first-order valence-electron chi connectivity index (χ1n) is 9.62. The highest BCUT2D eigenvalue weighted by Gasteiger charge is 2.21. The monoisotopic (exact) mass is 296 g/mol. The molecule has 1 aliphatic rings. The molecule has 21 heavy (non-hydrogen) atoms. The molecule has 0 amide bonds. The lowest BCUT2D eigenvalue weighted by Gasteiger charge is -2.29. The van der Waals surface area contributed by atoms with E-state index in [0.717, 1.165) is 17.8 Å². The molecule has 2 nitrogen and oxygen atoms in total. The smallest absolute Gasteiger partial charge is 0.000664 e. The third kappa shape index (κ3) is 7.65. The number of nitrogens with zero attached hydrogens (tertiary/aromatic N) is 1.